The minimum Gasteiger partial charge on any atom is -0.343 e. The maximum absolute atomic E-state index is 12.4. The summed E-state index contributed by atoms with van der Waals surface area (Å²) >= 11 is 0. The molecule has 1 amide bonds. The fraction of sp³-hybridized carbons (Fsp3) is 0.444. The van der Waals surface area contributed by atoms with E-state index in [2.05, 4.69) is 9.82 Å². The Kier molecular flexibility index (Phi) is 7.06. The summed E-state index contributed by atoms with van der Waals surface area (Å²) in [6.07, 6.45) is -4.52. The predicted molar refractivity (Wildman–Crippen MR) is 101 cm³/mol. The zero-order valence-corrected chi connectivity index (χ0v) is 17.1. The molecule has 0 aliphatic carbocycles. The van der Waals surface area contributed by atoms with E-state index in [1.54, 1.807) is 5.32 Å². The summed E-state index contributed by atoms with van der Waals surface area (Å²) < 4.78 is 65.6. The van der Waals surface area contributed by atoms with Crippen LogP contribution in [0.25, 0.3) is 0 Å². The van der Waals surface area contributed by atoms with Crippen LogP contribution in [-0.2, 0) is 16.6 Å². The highest BCUT2D eigenvalue weighted by atomic mass is 32.2. The standard InChI is InChI=1S/C18H23F3N4O3S/c1-12(10-25-14(3)8-13(2)24-25)9-23-29(27,28)16-6-4-15(5-7-16)17(26)22-11-18(19,20)21/h4-8,12,23H,9-11H2,1-3H3,(H,22,26). The van der Waals surface area contributed by atoms with Gasteiger partial charge in [0.2, 0.25) is 10.0 Å². The monoisotopic (exact) mass is 432 g/mol. The van der Waals surface area contributed by atoms with Crippen LogP contribution in [-0.4, -0.2) is 43.4 Å². The minimum absolute atomic E-state index is 0.0322. The molecule has 1 atom stereocenters. The summed E-state index contributed by atoms with van der Waals surface area (Å²) in [5.41, 5.74) is 1.80. The van der Waals surface area contributed by atoms with Crippen molar-refractivity contribution in [3.05, 3.63) is 47.3 Å². The number of hydrogen-bond acceptors (Lipinski definition) is 4. The lowest BCUT2D eigenvalue weighted by atomic mass is 10.2. The lowest BCUT2D eigenvalue weighted by molar-refractivity contribution is -0.123. The molecule has 0 bridgehead atoms. The molecular formula is C18H23F3N4O3S. The molecule has 2 rings (SSSR count). The first-order valence-corrected chi connectivity index (χ1v) is 10.3. The van der Waals surface area contributed by atoms with Crippen LogP contribution in [0.4, 0.5) is 13.2 Å². The molecule has 1 heterocycles. The highest BCUT2D eigenvalue weighted by molar-refractivity contribution is 7.89. The Morgan fingerprint density at radius 1 is 1.21 bits per heavy atom. The number of nitrogens with zero attached hydrogens (tertiary/aromatic N) is 2. The van der Waals surface area contributed by atoms with E-state index >= 15 is 0 Å². The van der Waals surface area contributed by atoms with Gasteiger partial charge in [-0.25, -0.2) is 13.1 Å². The Morgan fingerprint density at radius 2 is 1.83 bits per heavy atom. The number of rotatable bonds is 8. The molecule has 0 radical (unpaired) electrons. The molecule has 2 aromatic rings. The Morgan fingerprint density at radius 3 is 2.34 bits per heavy atom. The van der Waals surface area contributed by atoms with Crippen molar-refractivity contribution in [1.29, 1.82) is 0 Å². The van der Waals surface area contributed by atoms with Gasteiger partial charge in [0.15, 0.2) is 0 Å². The number of carbonyl (C=O) groups excluding carboxylic acids is 1. The number of aromatic nitrogens is 2. The normalized spacial score (nSPS) is 13.3. The third-order valence-corrected chi connectivity index (χ3v) is 5.53. The number of alkyl halides is 3. The second-order valence-corrected chi connectivity index (χ2v) is 8.66. The molecule has 0 saturated carbocycles. The Hall–Kier alpha value is -2.40. The number of sulfonamides is 1. The summed E-state index contributed by atoms with van der Waals surface area (Å²) in [6, 6.07) is 6.62. The molecule has 1 aromatic heterocycles. The maximum Gasteiger partial charge on any atom is 0.405 e. The van der Waals surface area contributed by atoms with Crippen LogP contribution < -0.4 is 10.0 Å². The van der Waals surface area contributed by atoms with E-state index < -0.39 is 28.7 Å². The second kappa shape index (κ2) is 8.95. The van der Waals surface area contributed by atoms with Crippen LogP contribution in [0.2, 0.25) is 0 Å². The first-order valence-electron chi connectivity index (χ1n) is 8.83. The number of hydrogen-bond donors (Lipinski definition) is 2. The topological polar surface area (TPSA) is 93.1 Å². The van der Waals surface area contributed by atoms with Crippen molar-refractivity contribution in [2.45, 2.75) is 38.4 Å². The van der Waals surface area contributed by atoms with E-state index in [0.717, 1.165) is 11.4 Å². The zero-order chi connectivity index (χ0) is 21.8. The van der Waals surface area contributed by atoms with Crippen molar-refractivity contribution in [2.24, 2.45) is 5.92 Å². The van der Waals surface area contributed by atoms with Gasteiger partial charge < -0.3 is 5.32 Å². The Labute approximate surface area is 167 Å². The summed E-state index contributed by atoms with van der Waals surface area (Å²) in [5.74, 6) is -0.965. The van der Waals surface area contributed by atoms with E-state index in [4.69, 9.17) is 0 Å². The van der Waals surface area contributed by atoms with Gasteiger partial charge in [0, 0.05) is 24.3 Å². The fourth-order valence-corrected chi connectivity index (χ4v) is 3.79. The van der Waals surface area contributed by atoms with Gasteiger partial charge >= 0.3 is 6.18 Å². The smallest absolute Gasteiger partial charge is 0.343 e. The van der Waals surface area contributed by atoms with Crippen LogP contribution in [0.1, 0.15) is 28.7 Å². The Balaban J connectivity index is 1.94. The average molecular weight is 432 g/mol. The van der Waals surface area contributed by atoms with Crippen molar-refractivity contribution in [3.8, 4) is 0 Å². The van der Waals surface area contributed by atoms with Crippen molar-refractivity contribution in [1.82, 2.24) is 19.8 Å². The number of benzene rings is 1. The molecule has 7 nitrogen and oxygen atoms in total. The number of halogens is 3. The van der Waals surface area contributed by atoms with Crippen molar-refractivity contribution < 1.29 is 26.4 Å². The number of amides is 1. The van der Waals surface area contributed by atoms with Crippen LogP contribution in [0.5, 0.6) is 0 Å². The first-order chi connectivity index (χ1) is 13.4. The van der Waals surface area contributed by atoms with Crippen LogP contribution in [0.3, 0.4) is 0 Å². The number of nitrogens with one attached hydrogen (secondary N) is 2. The lowest BCUT2D eigenvalue weighted by Gasteiger charge is -2.14. The summed E-state index contributed by atoms with van der Waals surface area (Å²) in [7, 11) is -3.82. The minimum atomic E-state index is -4.52. The third-order valence-electron chi connectivity index (χ3n) is 4.09. The number of aryl methyl sites for hydroxylation is 2. The molecule has 0 spiro atoms. The third kappa shape index (κ3) is 6.86. The van der Waals surface area contributed by atoms with Gasteiger partial charge in [-0.05, 0) is 50.1 Å². The fourth-order valence-electron chi connectivity index (χ4n) is 2.62. The van der Waals surface area contributed by atoms with Crippen molar-refractivity contribution in [3.63, 3.8) is 0 Å². The van der Waals surface area contributed by atoms with Gasteiger partial charge in [-0.15, -0.1) is 0 Å². The highest BCUT2D eigenvalue weighted by Gasteiger charge is 2.28. The van der Waals surface area contributed by atoms with E-state index in [9.17, 15) is 26.4 Å². The van der Waals surface area contributed by atoms with Crippen LogP contribution in [0, 0.1) is 19.8 Å². The van der Waals surface area contributed by atoms with E-state index in [-0.39, 0.29) is 22.9 Å². The first kappa shape index (κ1) is 22.9. The molecule has 29 heavy (non-hydrogen) atoms. The van der Waals surface area contributed by atoms with Gasteiger partial charge in [0.25, 0.3) is 5.91 Å². The largest absolute Gasteiger partial charge is 0.405 e. The molecule has 1 aromatic carbocycles. The van der Waals surface area contributed by atoms with Crippen LogP contribution in [0.15, 0.2) is 35.2 Å². The summed E-state index contributed by atoms with van der Waals surface area (Å²) in [6.45, 7) is 4.94. The Bertz CT molecular complexity index is 954. The van der Waals surface area contributed by atoms with Crippen LogP contribution >= 0.6 is 0 Å². The molecule has 160 valence electrons. The molecule has 0 aliphatic heterocycles. The number of carbonyl (C=O) groups is 1. The van der Waals surface area contributed by atoms with E-state index in [1.807, 2.05) is 31.5 Å². The lowest BCUT2D eigenvalue weighted by Crippen LogP contribution is -2.33. The second-order valence-electron chi connectivity index (χ2n) is 6.89. The molecule has 2 N–H and O–H groups in total. The van der Waals surface area contributed by atoms with Gasteiger partial charge in [-0.3, -0.25) is 9.48 Å². The van der Waals surface area contributed by atoms with Gasteiger partial charge in [0.1, 0.15) is 6.54 Å². The molecular weight excluding hydrogens is 409 g/mol. The van der Waals surface area contributed by atoms with E-state index in [1.165, 1.54) is 24.3 Å². The average Bonchev–Trinajstić information content (AvgIpc) is 2.94. The molecule has 0 fully saturated rings. The van der Waals surface area contributed by atoms with E-state index in [0.29, 0.717) is 6.54 Å². The van der Waals surface area contributed by atoms with Crippen molar-refractivity contribution in [2.75, 3.05) is 13.1 Å². The van der Waals surface area contributed by atoms with Crippen molar-refractivity contribution >= 4 is 15.9 Å². The zero-order valence-electron chi connectivity index (χ0n) is 16.2. The van der Waals surface area contributed by atoms with Gasteiger partial charge in [-0.1, -0.05) is 6.92 Å². The maximum atomic E-state index is 12.4. The molecule has 1 unspecified atom stereocenters. The molecule has 0 saturated heterocycles. The molecule has 0 aliphatic rings. The predicted octanol–water partition coefficient (Wildman–Crippen LogP) is 2.41. The molecule has 11 heteroatoms. The van der Waals surface area contributed by atoms with Gasteiger partial charge in [0.05, 0.1) is 10.6 Å². The summed E-state index contributed by atoms with van der Waals surface area (Å²) in [5, 5.41) is 6.07. The SMILES string of the molecule is Cc1cc(C)n(CC(C)CNS(=O)(=O)c2ccc(C(=O)NCC(F)(F)F)cc2)n1. The summed E-state index contributed by atoms with van der Waals surface area (Å²) in [4.78, 5) is 11.6. The highest BCUT2D eigenvalue weighted by Crippen LogP contribution is 2.14. The quantitative estimate of drug-likeness (QED) is 0.670. The van der Waals surface area contributed by atoms with Gasteiger partial charge in [-0.2, -0.15) is 18.3 Å².